The third kappa shape index (κ3) is 4.36. The van der Waals surface area contributed by atoms with Gasteiger partial charge in [0.15, 0.2) is 0 Å². The molecule has 2 amide bonds. The molecule has 0 saturated heterocycles. The minimum Gasteiger partial charge on any atom is -0.468 e. The van der Waals surface area contributed by atoms with Crippen molar-refractivity contribution in [3.63, 3.8) is 0 Å². The van der Waals surface area contributed by atoms with Crippen molar-refractivity contribution < 1.29 is 14.1 Å². The van der Waals surface area contributed by atoms with Crippen LogP contribution in [0.15, 0.2) is 34.9 Å². The molecule has 0 aliphatic carbocycles. The zero-order valence-corrected chi connectivity index (χ0v) is 14.7. The summed E-state index contributed by atoms with van der Waals surface area (Å²) >= 11 is 0. The number of furan rings is 1. The molecular formula is C17H22N4O4. The Morgan fingerprint density at radius 2 is 2.04 bits per heavy atom. The Balaban J connectivity index is 2.08. The first-order chi connectivity index (χ1) is 11.8. The van der Waals surface area contributed by atoms with E-state index in [4.69, 9.17) is 4.42 Å². The monoisotopic (exact) mass is 346 g/mol. The van der Waals surface area contributed by atoms with E-state index in [0.717, 1.165) is 11.3 Å². The van der Waals surface area contributed by atoms with Crippen LogP contribution >= 0.6 is 0 Å². The maximum Gasteiger partial charge on any atom is 0.319 e. The van der Waals surface area contributed by atoms with Gasteiger partial charge >= 0.3 is 6.03 Å². The SMILES string of the molecule is Cc1ccc([N+](=O)[O-])c(C)c1NC(=O)NC[C@H](c1ccco1)N(C)C. The Morgan fingerprint density at radius 1 is 1.32 bits per heavy atom. The Hall–Kier alpha value is -2.87. The first-order valence-electron chi connectivity index (χ1n) is 7.80. The summed E-state index contributed by atoms with van der Waals surface area (Å²) in [5.41, 5.74) is 1.61. The maximum absolute atomic E-state index is 12.3. The quantitative estimate of drug-likeness (QED) is 0.618. The number of rotatable bonds is 6. The van der Waals surface area contributed by atoms with E-state index in [1.807, 2.05) is 25.1 Å². The molecular weight excluding hydrogens is 324 g/mol. The van der Waals surface area contributed by atoms with Gasteiger partial charge in [-0.2, -0.15) is 0 Å². The number of hydrogen-bond donors (Lipinski definition) is 2. The van der Waals surface area contributed by atoms with Gasteiger partial charge in [-0.3, -0.25) is 15.0 Å². The Kier molecular flexibility index (Phi) is 5.76. The Bertz CT molecular complexity index is 756. The molecule has 1 aromatic heterocycles. The number of carbonyl (C=O) groups excluding carboxylic acids is 1. The summed E-state index contributed by atoms with van der Waals surface area (Å²) in [7, 11) is 3.78. The summed E-state index contributed by atoms with van der Waals surface area (Å²) in [5.74, 6) is 0.744. The molecule has 2 N–H and O–H groups in total. The van der Waals surface area contributed by atoms with Crippen LogP contribution in [-0.4, -0.2) is 36.5 Å². The van der Waals surface area contributed by atoms with Crippen molar-refractivity contribution in [3.8, 4) is 0 Å². The third-order valence-electron chi connectivity index (χ3n) is 4.03. The summed E-state index contributed by atoms with van der Waals surface area (Å²) in [5, 5.41) is 16.5. The topological polar surface area (TPSA) is 101 Å². The van der Waals surface area contributed by atoms with Gasteiger partial charge in [-0.1, -0.05) is 6.07 Å². The minimum absolute atomic E-state index is 0.0253. The average Bonchev–Trinajstić information content (AvgIpc) is 3.05. The highest BCUT2D eigenvalue weighted by atomic mass is 16.6. The first-order valence-corrected chi connectivity index (χ1v) is 7.80. The predicted octanol–water partition coefficient (Wildman–Crippen LogP) is 3.23. The number of likely N-dealkylation sites (N-methyl/N-ethyl adjacent to an activating group) is 1. The number of nitro benzene ring substituents is 1. The molecule has 25 heavy (non-hydrogen) atoms. The number of amides is 2. The standard InChI is InChI=1S/C17H22N4O4/c1-11-7-8-13(21(23)24)12(2)16(11)19-17(22)18-10-14(20(3)4)15-6-5-9-25-15/h5-9,14H,10H2,1-4H3,(H2,18,19,22)/t14-/m1/s1. The molecule has 0 radical (unpaired) electrons. The normalized spacial score (nSPS) is 12.0. The van der Waals surface area contributed by atoms with Crippen LogP contribution in [0.25, 0.3) is 0 Å². The summed E-state index contributed by atoms with van der Waals surface area (Å²) < 4.78 is 5.40. The number of benzene rings is 1. The van der Waals surface area contributed by atoms with Crippen molar-refractivity contribution in [1.82, 2.24) is 10.2 Å². The molecule has 8 nitrogen and oxygen atoms in total. The van der Waals surface area contributed by atoms with Crippen molar-refractivity contribution in [3.05, 3.63) is 57.5 Å². The smallest absolute Gasteiger partial charge is 0.319 e. The molecule has 1 atom stereocenters. The van der Waals surface area contributed by atoms with Gasteiger partial charge in [0.2, 0.25) is 0 Å². The van der Waals surface area contributed by atoms with E-state index in [-0.39, 0.29) is 11.7 Å². The van der Waals surface area contributed by atoms with Gasteiger partial charge in [0, 0.05) is 12.6 Å². The second kappa shape index (κ2) is 7.80. The van der Waals surface area contributed by atoms with Gasteiger partial charge in [-0.15, -0.1) is 0 Å². The number of aryl methyl sites for hydroxylation is 1. The second-order valence-electron chi connectivity index (χ2n) is 5.99. The molecule has 0 spiro atoms. The van der Waals surface area contributed by atoms with Crippen LogP contribution < -0.4 is 10.6 Å². The molecule has 0 aliphatic rings. The van der Waals surface area contributed by atoms with Crippen LogP contribution in [0.1, 0.15) is 22.9 Å². The van der Waals surface area contributed by atoms with Crippen molar-refractivity contribution >= 4 is 17.4 Å². The van der Waals surface area contributed by atoms with E-state index < -0.39 is 11.0 Å². The summed E-state index contributed by atoms with van der Waals surface area (Å²) in [6, 6.07) is 6.15. The Labute approximate surface area is 146 Å². The van der Waals surface area contributed by atoms with Crippen molar-refractivity contribution in [2.24, 2.45) is 0 Å². The van der Waals surface area contributed by atoms with E-state index in [1.54, 1.807) is 32.2 Å². The highest BCUT2D eigenvalue weighted by Gasteiger charge is 2.20. The highest BCUT2D eigenvalue weighted by Crippen LogP contribution is 2.28. The van der Waals surface area contributed by atoms with Gasteiger partial charge < -0.3 is 15.1 Å². The van der Waals surface area contributed by atoms with Gasteiger partial charge in [0.25, 0.3) is 5.69 Å². The third-order valence-corrected chi connectivity index (χ3v) is 4.03. The number of carbonyl (C=O) groups is 1. The lowest BCUT2D eigenvalue weighted by Crippen LogP contribution is -2.37. The molecule has 134 valence electrons. The van der Waals surface area contributed by atoms with E-state index in [1.165, 1.54) is 6.07 Å². The van der Waals surface area contributed by atoms with Crippen LogP contribution in [0.3, 0.4) is 0 Å². The van der Waals surface area contributed by atoms with Crippen LogP contribution in [-0.2, 0) is 0 Å². The average molecular weight is 346 g/mol. The second-order valence-corrected chi connectivity index (χ2v) is 5.99. The summed E-state index contributed by atoms with van der Waals surface area (Å²) in [6.07, 6.45) is 1.59. The molecule has 0 aliphatic heterocycles. The molecule has 0 saturated carbocycles. The number of urea groups is 1. The zero-order chi connectivity index (χ0) is 18.6. The van der Waals surface area contributed by atoms with E-state index in [0.29, 0.717) is 17.8 Å². The molecule has 1 aromatic carbocycles. The van der Waals surface area contributed by atoms with E-state index in [9.17, 15) is 14.9 Å². The lowest BCUT2D eigenvalue weighted by Gasteiger charge is -2.23. The van der Waals surface area contributed by atoms with Gasteiger partial charge in [-0.05, 0) is 45.6 Å². The number of nitro groups is 1. The maximum atomic E-state index is 12.3. The summed E-state index contributed by atoms with van der Waals surface area (Å²) in [4.78, 5) is 24.8. The van der Waals surface area contributed by atoms with E-state index in [2.05, 4.69) is 10.6 Å². The van der Waals surface area contributed by atoms with Crippen molar-refractivity contribution in [2.45, 2.75) is 19.9 Å². The van der Waals surface area contributed by atoms with Crippen LogP contribution in [0.4, 0.5) is 16.2 Å². The number of nitrogens with one attached hydrogen (secondary N) is 2. The molecule has 8 heteroatoms. The summed E-state index contributed by atoms with van der Waals surface area (Å²) in [6.45, 7) is 3.74. The fraction of sp³-hybridized carbons (Fsp3) is 0.353. The number of nitrogens with zero attached hydrogens (tertiary/aromatic N) is 2. The van der Waals surface area contributed by atoms with Crippen LogP contribution in [0, 0.1) is 24.0 Å². The molecule has 2 rings (SSSR count). The Morgan fingerprint density at radius 3 is 2.60 bits per heavy atom. The molecule has 2 aromatic rings. The predicted molar refractivity (Wildman–Crippen MR) is 94.7 cm³/mol. The molecule has 0 bridgehead atoms. The van der Waals surface area contributed by atoms with Crippen LogP contribution in [0.2, 0.25) is 0 Å². The van der Waals surface area contributed by atoms with Gasteiger partial charge in [0.05, 0.1) is 28.5 Å². The molecule has 0 fully saturated rings. The van der Waals surface area contributed by atoms with Crippen molar-refractivity contribution in [2.75, 3.05) is 26.0 Å². The van der Waals surface area contributed by atoms with Gasteiger partial charge in [-0.25, -0.2) is 4.79 Å². The van der Waals surface area contributed by atoms with E-state index >= 15 is 0 Å². The van der Waals surface area contributed by atoms with Crippen molar-refractivity contribution in [1.29, 1.82) is 0 Å². The van der Waals surface area contributed by atoms with Gasteiger partial charge in [0.1, 0.15) is 5.76 Å². The first kappa shape index (κ1) is 18.5. The fourth-order valence-corrected chi connectivity index (χ4v) is 2.59. The highest BCUT2D eigenvalue weighted by molar-refractivity contribution is 5.91. The number of anilines is 1. The molecule has 0 unspecified atom stereocenters. The van der Waals surface area contributed by atoms with Crippen LogP contribution in [0.5, 0.6) is 0 Å². The largest absolute Gasteiger partial charge is 0.468 e. The minimum atomic E-state index is -0.461. The fourth-order valence-electron chi connectivity index (χ4n) is 2.59. The molecule has 1 heterocycles. The lowest BCUT2D eigenvalue weighted by atomic mass is 10.1. The lowest BCUT2D eigenvalue weighted by molar-refractivity contribution is -0.385. The number of hydrogen-bond acceptors (Lipinski definition) is 5. The zero-order valence-electron chi connectivity index (χ0n) is 14.7.